The molecule has 0 spiro atoms. The predicted octanol–water partition coefficient (Wildman–Crippen LogP) is 3.46. The van der Waals surface area contributed by atoms with Crippen LogP contribution in [0.15, 0.2) is 18.2 Å². The summed E-state index contributed by atoms with van der Waals surface area (Å²) in [5.41, 5.74) is 8.15. The summed E-state index contributed by atoms with van der Waals surface area (Å²) < 4.78 is 28.5. The molecule has 1 fully saturated rings. The molecule has 1 atom stereocenters. The number of nitrogen functional groups attached to an aromatic ring is 1. The van der Waals surface area contributed by atoms with Gasteiger partial charge in [-0.15, -0.1) is 0 Å². The monoisotopic (exact) mass is 277 g/mol. The Balaban J connectivity index is 2.18. The number of aromatic nitrogens is 2. The van der Waals surface area contributed by atoms with E-state index in [2.05, 4.69) is 18.9 Å². The largest absolute Gasteiger partial charge is 0.383 e. The molecule has 0 amide bonds. The summed E-state index contributed by atoms with van der Waals surface area (Å²) in [5.74, 6) is -0.492. The second-order valence-corrected chi connectivity index (χ2v) is 6.17. The first kappa shape index (κ1) is 13.1. The molecule has 0 bridgehead atoms. The van der Waals surface area contributed by atoms with E-state index in [0.29, 0.717) is 16.9 Å². The van der Waals surface area contributed by atoms with Gasteiger partial charge in [0, 0.05) is 24.6 Å². The fourth-order valence-corrected chi connectivity index (χ4v) is 2.73. The van der Waals surface area contributed by atoms with Crippen LogP contribution >= 0.6 is 0 Å². The molecule has 3 rings (SSSR count). The highest BCUT2D eigenvalue weighted by atomic mass is 19.1. The lowest BCUT2D eigenvalue weighted by Crippen LogP contribution is -1.98. The third-order valence-corrected chi connectivity index (χ3v) is 4.11. The van der Waals surface area contributed by atoms with E-state index >= 15 is 0 Å². The first-order valence-electron chi connectivity index (χ1n) is 6.58. The van der Waals surface area contributed by atoms with Gasteiger partial charge in [-0.2, -0.15) is 5.10 Å². The zero-order valence-electron chi connectivity index (χ0n) is 11.7. The molecule has 0 radical (unpaired) electrons. The first-order valence-corrected chi connectivity index (χ1v) is 6.58. The zero-order valence-corrected chi connectivity index (χ0v) is 11.7. The van der Waals surface area contributed by atoms with Crippen molar-refractivity contribution in [1.29, 1.82) is 0 Å². The van der Waals surface area contributed by atoms with E-state index in [1.807, 2.05) is 0 Å². The van der Waals surface area contributed by atoms with E-state index in [1.54, 1.807) is 11.7 Å². The normalized spacial score (nSPS) is 20.1. The van der Waals surface area contributed by atoms with E-state index in [0.717, 1.165) is 18.2 Å². The molecule has 1 heterocycles. The topological polar surface area (TPSA) is 43.8 Å². The summed E-state index contributed by atoms with van der Waals surface area (Å²) in [6.07, 6.45) is 1.01. The van der Waals surface area contributed by atoms with Gasteiger partial charge in [-0.1, -0.05) is 13.8 Å². The number of nitrogens with zero attached hydrogens (tertiary/aromatic N) is 2. The number of rotatable bonds is 2. The van der Waals surface area contributed by atoms with E-state index < -0.39 is 11.6 Å². The Morgan fingerprint density at radius 2 is 1.80 bits per heavy atom. The number of hydrogen-bond donors (Lipinski definition) is 1. The summed E-state index contributed by atoms with van der Waals surface area (Å²) in [6.45, 7) is 4.30. The quantitative estimate of drug-likeness (QED) is 0.913. The lowest BCUT2D eigenvalue weighted by molar-refractivity contribution is 0.584. The lowest BCUT2D eigenvalue weighted by atomic mass is 9.99. The number of aryl methyl sites for hydroxylation is 1. The molecule has 0 aliphatic heterocycles. The van der Waals surface area contributed by atoms with E-state index in [1.165, 1.54) is 12.1 Å². The van der Waals surface area contributed by atoms with Gasteiger partial charge in [-0.25, -0.2) is 8.78 Å². The van der Waals surface area contributed by atoms with Crippen molar-refractivity contribution in [3.8, 4) is 11.1 Å². The smallest absolute Gasteiger partial charge is 0.129 e. The van der Waals surface area contributed by atoms with Crippen molar-refractivity contribution in [1.82, 2.24) is 9.78 Å². The van der Waals surface area contributed by atoms with Crippen LogP contribution in [0.5, 0.6) is 0 Å². The summed E-state index contributed by atoms with van der Waals surface area (Å²) in [6, 6.07) is 3.46. The molecule has 1 aliphatic carbocycles. The van der Waals surface area contributed by atoms with Crippen molar-refractivity contribution in [3.05, 3.63) is 35.5 Å². The second-order valence-electron chi connectivity index (χ2n) is 6.17. The molecule has 0 saturated heterocycles. The summed E-state index contributed by atoms with van der Waals surface area (Å²) in [4.78, 5) is 0. The molecule has 5 heteroatoms. The van der Waals surface area contributed by atoms with Crippen LogP contribution in [-0.4, -0.2) is 9.78 Å². The van der Waals surface area contributed by atoms with Crippen molar-refractivity contribution in [2.45, 2.75) is 26.2 Å². The molecule has 1 aromatic heterocycles. The van der Waals surface area contributed by atoms with Crippen LogP contribution < -0.4 is 5.73 Å². The summed E-state index contributed by atoms with van der Waals surface area (Å²) in [5, 5.41) is 4.45. The molecule has 1 saturated carbocycles. The molecular formula is C15H17F2N3. The summed E-state index contributed by atoms with van der Waals surface area (Å²) >= 11 is 0. The molecule has 106 valence electrons. The van der Waals surface area contributed by atoms with E-state index in [9.17, 15) is 8.78 Å². The Bertz CT molecular complexity index is 668. The van der Waals surface area contributed by atoms with Crippen LogP contribution in [0.4, 0.5) is 14.6 Å². The average Bonchev–Trinajstić information content (AvgIpc) is 2.84. The first-order chi connectivity index (χ1) is 9.29. The number of anilines is 1. The third kappa shape index (κ3) is 1.97. The van der Waals surface area contributed by atoms with Crippen LogP contribution in [0.3, 0.4) is 0 Å². The van der Waals surface area contributed by atoms with Gasteiger partial charge in [-0.05, 0) is 29.5 Å². The van der Waals surface area contributed by atoms with Crippen molar-refractivity contribution in [2.24, 2.45) is 12.5 Å². The molecule has 3 nitrogen and oxygen atoms in total. The molecule has 1 aliphatic rings. The third-order valence-electron chi connectivity index (χ3n) is 4.11. The Morgan fingerprint density at radius 3 is 2.30 bits per heavy atom. The van der Waals surface area contributed by atoms with Crippen LogP contribution in [0.2, 0.25) is 0 Å². The molecular weight excluding hydrogens is 260 g/mol. The molecule has 2 aromatic rings. The Hall–Kier alpha value is -1.91. The van der Waals surface area contributed by atoms with E-state index in [4.69, 9.17) is 5.73 Å². The van der Waals surface area contributed by atoms with Gasteiger partial charge in [0.1, 0.15) is 17.5 Å². The van der Waals surface area contributed by atoms with Crippen LogP contribution in [0.1, 0.15) is 31.9 Å². The second kappa shape index (κ2) is 4.04. The molecule has 1 aromatic carbocycles. The van der Waals surface area contributed by atoms with Gasteiger partial charge in [0.15, 0.2) is 0 Å². The summed E-state index contributed by atoms with van der Waals surface area (Å²) in [7, 11) is 1.74. The fraction of sp³-hybridized carbons (Fsp3) is 0.400. The van der Waals surface area contributed by atoms with Crippen molar-refractivity contribution < 1.29 is 8.78 Å². The maximum atomic E-state index is 13.4. The van der Waals surface area contributed by atoms with Crippen molar-refractivity contribution in [2.75, 3.05) is 5.73 Å². The van der Waals surface area contributed by atoms with Gasteiger partial charge in [-0.3, -0.25) is 4.68 Å². The number of halogens is 2. The van der Waals surface area contributed by atoms with Crippen LogP contribution in [0, 0.1) is 17.0 Å². The Labute approximate surface area is 116 Å². The van der Waals surface area contributed by atoms with Crippen molar-refractivity contribution in [3.63, 3.8) is 0 Å². The molecule has 2 N–H and O–H groups in total. The predicted molar refractivity (Wildman–Crippen MR) is 74.1 cm³/mol. The van der Waals surface area contributed by atoms with Crippen LogP contribution in [0.25, 0.3) is 11.1 Å². The highest BCUT2D eigenvalue weighted by Crippen LogP contribution is 2.60. The number of benzene rings is 1. The minimum Gasteiger partial charge on any atom is -0.383 e. The van der Waals surface area contributed by atoms with Crippen molar-refractivity contribution >= 4 is 5.82 Å². The zero-order chi connectivity index (χ0) is 14.7. The standard InChI is InChI=1S/C15H17F2N3/c1-15(2)7-11(15)13-12(14(18)20(3)19-13)8-4-9(16)6-10(17)5-8/h4-6,11H,7,18H2,1-3H3. The molecule has 20 heavy (non-hydrogen) atoms. The Morgan fingerprint density at radius 1 is 1.25 bits per heavy atom. The number of nitrogens with two attached hydrogens (primary N) is 1. The molecule has 1 unspecified atom stereocenters. The maximum absolute atomic E-state index is 13.4. The minimum atomic E-state index is -0.607. The average molecular weight is 277 g/mol. The number of hydrogen-bond acceptors (Lipinski definition) is 2. The van der Waals surface area contributed by atoms with Gasteiger partial charge in [0.25, 0.3) is 0 Å². The minimum absolute atomic E-state index is 0.168. The van der Waals surface area contributed by atoms with Gasteiger partial charge < -0.3 is 5.73 Å². The SMILES string of the molecule is Cn1nc(C2CC2(C)C)c(-c2cc(F)cc(F)c2)c1N. The van der Waals surface area contributed by atoms with Gasteiger partial charge in [0.05, 0.1) is 5.69 Å². The highest BCUT2D eigenvalue weighted by Gasteiger charge is 2.49. The maximum Gasteiger partial charge on any atom is 0.129 e. The van der Waals surface area contributed by atoms with Gasteiger partial charge in [0.2, 0.25) is 0 Å². The Kier molecular flexibility index (Phi) is 2.64. The van der Waals surface area contributed by atoms with Crippen LogP contribution in [-0.2, 0) is 7.05 Å². The van der Waals surface area contributed by atoms with E-state index in [-0.39, 0.29) is 11.3 Å². The lowest BCUT2D eigenvalue weighted by Gasteiger charge is -2.06. The fourth-order valence-electron chi connectivity index (χ4n) is 2.73. The van der Waals surface area contributed by atoms with Gasteiger partial charge >= 0.3 is 0 Å². The highest BCUT2D eigenvalue weighted by molar-refractivity contribution is 5.77.